The first kappa shape index (κ1) is 14.9. The Hall–Kier alpha value is -2.67. The molecule has 0 unspecified atom stereocenters. The largest absolute Gasteiger partial charge is 0.337 e. The van der Waals surface area contributed by atoms with Crippen LogP contribution in [-0.4, -0.2) is 48.9 Å². The highest BCUT2D eigenvalue weighted by Gasteiger charge is 2.36. The Balaban J connectivity index is 1.63. The number of likely N-dealkylation sites (tertiary alicyclic amines) is 1. The summed E-state index contributed by atoms with van der Waals surface area (Å²) in [6, 6.07) is 3.88. The summed E-state index contributed by atoms with van der Waals surface area (Å²) in [5.74, 6) is 0.0280. The number of pyridine rings is 1. The molecular weight excluding hydrogens is 304 g/mol. The van der Waals surface area contributed by atoms with Crippen molar-refractivity contribution >= 4 is 11.4 Å². The van der Waals surface area contributed by atoms with Gasteiger partial charge in [-0.15, -0.1) is 0 Å². The Bertz CT molecular complexity index is 911. The van der Waals surface area contributed by atoms with Gasteiger partial charge in [0.2, 0.25) is 0 Å². The molecular formula is C17H20N6O. The molecule has 4 rings (SSSR count). The van der Waals surface area contributed by atoms with Crippen LogP contribution in [0.5, 0.6) is 0 Å². The second kappa shape index (κ2) is 5.45. The van der Waals surface area contributed by atoms with Gasteiger partial charge in [-0.3, -0.25) is 4.79 Å². The fraction of sp³-hybridized carbons (Fsp3) is 0.353. The van der Waals surface area contributed by atoms with Gasteiger partial charge in [-0.05, 0) is 24.6 Å². The Morgan fingerprint density at radius 3 is 2.92 bits per heavy atom. The molecule has 0 saturated carbocycles. The van der Waals surface area contributed by atoms with Crippen molar-refractivity contribution in [2.45, 2.75) is 18.9 Å². The molecule has 1 fully saturated rings. The van der Waals surface area contributed by atoms with Crippen molar-refractivity contribution in [3.8, 4) is 0 Å². The highest BCUT2D eigenvalue weighted by Crippen LogP contribution is 2.27. The quantitative estimate of drug-likeness (QED) is 0.761. The smallest absolute Gasteiger partial charge is 0.274 e. The van der Waals surface area contributed by atoms with Crippen LogP contribution in [0.4, 0.5) is 0 Å². The van der Waals surface area contributed by atoms with E-state index in [1.165, 1.54) is 0 Å². The Morgan fingerprint density at radius 2 is 2.17 bits per heavy atom. The van der Waals surface area contributed by atoms with Crippen molar-refractivity contribution in [3.63, 3.8) is 0 Å². The number of fused-ring (bicyclic) bond motifs is 1. The number of carbonyl (C=O) groups is 1. The van der Waals surface area contributed by atoms with E-state index in [0.29, 0.717) is 18.8 Å². The predicted molar refractivity (Wildman–Crippen MR) is 89.8 cm³/mol. The molecule has 0 radical (unpaired) electrons. The summed E-state index contributed by atoms with van der Waals surface area (Å²) in [4.78, 5) is 23.2. The van der Waals surface area contributed by atoms with E-state index in [4.69, 9.17) is 5.73 Å². The van der Waals surface area contributed by atoms with Crippen molar-refractivity contribution in [1.82, 2.24) is 23.8 Å². The standard InChI is InChI=1S/C17H20N6O/c1-11-3-4-22-10-20-16(14(22)5-11)17(24)23-7-12(13(18)8-23)15-6-19-9-21(15)2/h3-6,9-10,12-13H,7-8,18H2,1-2H3/t12-,13-/m1/s1. The third-order valence-electron chi connectivity index (χ3n) is 4.78. The van der Waals surface area contributed by atoms with Crippen LogP contribution in [0, 0.1) is 6.92 Å². The molecule has 1 amide bonds. The van der Waals surface area contributed by atoms with Crippen LogP contribution in [0.2, 0.25) is 0 Å². The molecule has 0 spiro atoms. The SMILES string of the molecule is Cc1ccn2cnc(C(=O)N3C[C@@H](N)[C@H](c4cncn4C)C3)c2c1. The number of nitrogens with zero attached hydrogens (tertiary/aromatic N) is 5. The molecule has 7 heteroatoms. The maximum Gasteiger partial charge on any atom is 0.274 e. The second-order valence-corrected chi connectivity index (χ2v) is 6.50. The van der Waals surface area contributed by atoms with Gasteiger partial charge in [0, 0.05) is 50.2 Å². The van der Waals surface area contributed by atoms with E-state index in [9.17, 15) is 4.79 Å². The summed E-state index contributed by atoms with van der Waals surface area (Å²) in [5.41, 5.74) is 9.77. The van der Waals surface area contributed by atoms with Gasteiger partial charge in [-0.1, -0.05) is 0 Å². The molecule has 24 heavy (non-hydrogen) atoms. The normalized spacial score (nSPS) is 20.9. The number of hydrogen-bond acceptors (Lipinski definition) is 4. The lowest BCUT2D eigenvalue weighted by molar-refractivity contribution is 0.0785. The average molecular weight is 324 g/mol. The molecule has 2 N–H and O–H groups in total. The summed E-state index contributed by atoms with van der Waals surface area (Å²) in [6.07, 6.45) is 7.19. The number of aryl methyl sites for hydroxylation is 2. The molecule has 7 nitrogen and oxygen atoms in total. The molecule has 3 aromatic rings. The van der Waals surface area contributed by atoms with E-state index in [0.717, 1.165) is 16.8 Å². The van der Waals surface area contributed by atoms with Crippen LogP contribution in [0.15, 0.2) is 37.2 Å². The number of amides is 1. The van der Waals surface area contributed by atoms with Crippen molar-refractivity contribution in [1.29, 1.82) is 0 Å². The van der Waals surface area contributed by atoms with Crippen molar-refractivity contribution < 1.29 is 4.79 Å². The van der Waals surface area contributed by atoms with E-state index in [2.05, 4.69) is 9.97 Å². The topological polar surface area (TPSA) is 81.5 Å². The lowest BCUT2D eigenvalue weighted by Gasteiger charge is -2.15. The summed E-state index contributed by atoms with van der Waals surface area (Å²) < 4.78 is 3.84. The third kappa shape index (κ3) is 2.28. The van der Waals surface area contributed by atoms with Crippen molar-refractivity contribution in [3.05, 3.63) is 54.1 Å². The summed E-state index contributed by atoms with van der Waals surface area (Å²) in [5, 5.41) is 0. The zero-order valence-corrected chi connectivity index (χ0v) is 13.8. The minimum atomic E-state index is -0.0973. The van der Waals surface area contributed by atoms with Gasteiger partial charge >= 0.3 is 0 Å². The number of imidazole rings is 2. The van der Waals surface area contributed by atoms with Gasteiger partial charge in [0.15, 0.2) is 5.69 Å². The second-order valence-electron chi connectivity index (χ2n) is 6.50. The van der Waals surface area contributed by atoms with Gasteiger partial charge in [-0.2, -0.15) is 0 Å². The third-order valence-corrected chi connectivity index (χ3v) is 4.78. The van der Waals surface area contributed by atoms with Gasteiger partial charge in [0.25, 0.3) is 5.91 Å². The number of carbonyl (C=O) groups excluding carboxylic acids is 1. The van der Waals surface area contributed by atoms with E-state index >= 15 is 0 Å². The van der Waals surface area contributed by atoms with Crippen molar-refractivity contribution in [2.75, 3.05) is 13.1 Å². The molecule has 0 aliphatic carbocycles. The molecule has 1 saturated heterocycles. The van der Waals surface area contributed by atoms with Gasteiger partial charge in [0.05, 0.1) is 11.8 Å². The zero-order chi connectivity index (χ0) is 16.8. The number of aromatic nitrogens is 4. The fourth-order valence-electron chi connectivity index (χ4n) is 3.44. The minimum Gasteiger partial charge on any atom is -0.337 e. The molecule has 124 valence electrons. The Morgan fingerprint density at radius 1 is 1.33 bits per heavy atom. The molecule has 0 aromatic carbocycles. The zero-order valence-electron chi connectivity index (χ0n) is 13.8. The van der Waals surface area contributed by atoms with E-state index in [-0.39, 0.29) is 17.9 Å². The maximum absolute atomic E-state index is 13.0. The number of nitrogens with two attached hydrogens (primary N) is 1. The van der Waals surface area contributed by atoms with Gasteiger partial charge < -0.3 is 19.6 Å². The minimum absolute atomic E-state index is 0.0665. The molecule has 4 heterocycles. The maximum atomic E-state index is 13.0. The summed E-state index contributed by atoms with van der Waals surface area (Å²) in [6.45, 7) is 3.12. The first-order valence-corrected chi connectivity index (χ1v) is 7.99. The van der Waals surface area contributed by atoms with Gasteiger partial charge in [-0.25, -0.2) is 9.97 Å². The van der Waals surface area contributed by atoms with Crippen LogP contribution >= 0.6 is 0 Å². The molecule has 1 aliphatic rings. The van der Waals surface area contributed by atoms with Crippen LogP contribution in [0.3, 0.4) is 0 Å². The van der Waals surface area contributed by atoms with Gasteiger partial charge in [0.1, 0.15) is 6.33 Å². The first-order chi connectivity index (χ1) is 11.5. The predicted octanol–water partition coefficient (Wildman–Crippen LogP) is 0.943. The molecule has 1 aliphatic heterocycles. The highest BCUT2D eigenvalue weighted by molar-refractivity contribution is 5.99. The van der Waals surface area contributed by atoms with E-state index in [1.807, 2.05) is 47.5 Å². The lowest BCUT2D eigenvalue weighted by atomic mass is 10.0. The molecule has 3 aromatic heterocycles. The van der Waals surface area contributed by atoms with E-state index in [1.54, 1.807) is 17.6 Å². The van der Waals surface area contributed by atoms with Crippen LogP contribution in [0.25, 0.3) is 5.52 Å². The number of hydrogen-bond donors (Lipinski definition) is 1. The Kier molecular flexibility index (Phi) is 3.38. The van der Waals surface area contributed by atoms with Crippen LogP contribution in [-0.2, 0) is 7.05 Å². The Labute approximate surface area is 139 Å². The van der Waals surface area contributed by atoms with E-state index < -0.39 is 0 Å². The van der Waals surface area contributed by atoms with Crippen molar-refractivity contribution in [2.24, 2.45) is 12.8 Å². The monoisotopic (exact) mass is 324 g/mol. The fourth-order valence-corrected chi connectivity index (χ4v) is 3.44. The first-order valence-electron chi connectivity index (χ1n) is 7.99. The molecule has 2 atom stereocenters. The van der Waals surface area contributed by atoms with Crippen LogP contribution < -0.4 is 5.73 Å². The average Bonchev–Trinajstić information content (AvgIpc) is 3.24. The molecule has 0 bridgehead atoms. The lowest BCUT2D eigenvalue weighted by Crippen LogP contribution is -2.32. The summed E-state index contributed by atoms with van der Waals surface area (Å²) >= 11 is 0. The number of rotatable bonds is 2. The highest BCUT2D eigenvalue weighted by atomic mass is 16.2. The van der Waals surface area contributed by atoms with Crippen LogP contribution in [0.1, 0.15) is 27.7 Å². The summed E-state index contributed by atoms with van der Waals surface area (Å²) in [7, 11) is 1.95.